The van der Waals surface area contributed by atoms with E-state index in [1.807, 2.05) is 29.2 Å². The van der Waals surface area contributed by atoms with Crippen LogP contribution in [0.2, 0.25) is 0 Å². The number of hydrogen-bond donors (Lipinski definition) is 2. The zero-order valence-corrected chi connectivity index (χ0v) is 26.4. The molecule has 2 aromatic rings. The van der Waals surface area contributed by atoms with Crippen molar-refractivity contribution >= 4 is 18.1 Å². The number of benzene rings is 2. The molecule has 0 radical (unpaired) electrons. The molecule has 1 aliphatic carbocycles. The summed E-state index contributed by atoms with van der Waals surface area (Å²) in [5.74, 6) is 0.508. The van der Waals surface area contributed by atoms with Crippen molar-refractivity contribution in [1.82, 2.24) is 15.5 Å². The van der Waals surface area contributed by atoms with Gasteiger partial charge in [-0.15, -0.1) is 0 Å². The van der Waals surface area contributed by atoms with Crippen LogP contribution in [0.25, 0.3) is 11.1 Å². The molecule has 0 fully saturated rings. The molecule has 2 aromatic carbocycles. The average Bonchev–Trinajstić information content (AvgIpc) is 3.22. The van der Waals surface area contributed by atoms with Crippen LogP contribution >= 0.6 is 0 Å². The summed E-state index contributed by atoms with van der Waals surface area (Å²) in [5, 5.41) is 5.64. The molecule has 0 aliphatic heterocycles. The topological polar surface area (TPSA) is 97.0 Å². The fourth-order valence-electron chi connectivity index (χ4n) is 5.38. The van der Waals surface area contributed by atoms with Crippen LogP contribution in [0.15, 0.2) is 48.5 Å². The van der Waals surface area contributed by atoms with Gasteiger partial charge in [-0.2, -0.15) is 0 Å². The molecule has 1 atom stereocenters. The number of nitrogens with one attached hydrogen (secondary N) is 2. The minimum Gasteiger partial charge on any atom is -0.449 e. The lowest BCUT2D eigenvalue weighted by Crippen LogP contribution is -2.51. The lowest BCUT2D eigenvalue weighted by atomic mass is 9.98. The number of ether oxygens (including phenoxy) is 2. The highest BCUT2D eigenvalue weighted by molar-refractivity contribution is 5.85. The Morgan fingerprint density at radius 3 is 1.90 bits per heavy atom. The monoisotopic (exact) mass is 579 g/mol. The first-order valence-corrected chi connectivity index (χ1v) is 15.2. The summed E-state index contributed by atoms with van der Waals surface area (Å²) in [4.78, 5) is 40.5. The van der Waals surface area contributed by atoms with Gasteiger partial charge in [-0.1, -0.05) is 76.2 Å². The summed E-state index contributed by atoms with van der Waals surface area (Å²) in [6.45, 7) is 15.6. The normalized spacial score (nSPS) is 13.4. The van der Waals surface area contributed by atoms with Crippen LogP contribution in [-0.2, 0) is 14.3 Å². The van der Waals surface area contributed by atoms with Crippen molar-refractivity contribution in [3.8, 4) is 11.1 Å². The second-order valence-corrected chi connectivity index (χ2v) is 13.0. The van der Waals surface area contributed by atoms with Gasteiger partial charge in [-0.25, -0.2) is 9.59 Å². The van der Waals surface area contributed by atoms with Crippen molar-refractivity contribution < 1.29 is 23.9 Å². The molecule has 0 spiro atoms. The van der Waals surface area contributed by atoms with Gasteiger partial charge in [0, 0.05) is 25.6 Å². The van der Waals surface area contributed by atoms with E-state index in [2.05, 4.69) is 62.6 Å². The SMILES string of the molecule is CC(C)CN(CC(C)C)C(=O)[C@H](CCCCNC(=O)OCC1c2ccccc2-c2ccccc21)NC(=O)OC(C)(C)C. The maximum Gasteiger partial charge on any atom is 0.408 e. The number of unbranched alkanes of at least 4 members (excludes halogenated alkanes) is 1. The van der Waals surface area contributed by atoms with Gasteiger partial charge < -0.3 is 25.0 Å². The molecule has 0 saturated heterocycles. The second-order valence-electron chi connectivity index (χ2n) is 13.0. The zero-order valence-electron chi connectivity index (χ0n) is 26.4. The van der Waals surface area contributed by atoms with Crippen LogP contribution in [0.5, 0.6) is 0 Å². The van der Waals surface area contributed by atoms with E-state index in [1.165, 1.54) is 22.3 Å². The highest BCUT2D eigenvalue weighted by atomic mass is 16.6. The van der Waals surface area contributed by atoms with Crippen molar-refractivity contribution in [2.75, 3.05) is 26.2 Å². The van der Waals surface area contributed by atoms with Gasteiger partial charge in [0.2, 0.25) is 5.91 Å². The number of alkyl carbamates (subject to hydrolysis) is 2. The highest BCUT2D eigenvalue weighted by Crippen LogP contribution is 2.44. The molecule has 3 amide bonds. The first kappa shape index (κ1) is 33.0. The van der Waals surface area contributed by atoms with E-state index in [9.17, 15) is 14.4 Å². The van der Waals surface area contributed by atoms with Gasteiger partial charge in [-0.05, 0) is 74.1 Å². The maximum atomic E-state index is 13.5. The molecule has 0 aromatic heterocycles. The predicted octanol–water partition coefficient (Wildman–Crippen LogP) is 6.73. The standard InChI is InChI=1S/C34H49N3O5/c1-23(2)20-37(21-24(3)4)31(38)30(36-33(40)42-34(5,6)7)18-12-13-19-35-32(39)41-22-29-27-16-10-8-14-25(27)26-15-9-11-17-28(26)29/h8-11,14-17,23-24,29-30H,12-13,18-22H2,1-7H3,(H,35,39)(H,36,40)/t30-/m0/s1. The van der Waals surface area contributed by atoms with Crippen molar-refractivity contribution in [3.63, 3.8) is 0 Å². The Morgan fingerprint density at radius 2 is 1.38 bits per heavy atom. The molecule has 3 rings (SSSR count). The summed E-state index contributed by atoms with van der Waals surface area (Å²) >= 11 is 0. The Hall–Kier alpha value is -3.55. The quantitative estimate of drug-likeness (QED) is 0.257. The lowest BCUT2D eigenvalue weighted by Gasteiger charge is -2.31. The summed E-state index contributed by atoms with van der Waals surface area (Å²) in [6, 6.07) is 15.8. The lowest BCUT2D eigenvalue weighted by molar-refractivity contribution is -0.134. The largest absolute Gasteiger partial charge is 0.449 e. The number of hydrogen-bond acceptors (Lipinski definition) is 5. The molecule has 0 saturated carbocycles. The van der Waals surface area contributed by atoms with E-state index in [0.717, 1.165) is 0 Å². The van der Waals surface area contributed by atoms with Crippen LogP contribution in [0.1, 0.15) is 84.8 Å². The Labute approximate surface area is 251 Å². The highest BCUT2D eigenvalue weighted by Gasteiger charge is 2.30. The van der Waals surface area contributed by atoms with Gasteiger partial charge in [0.25, 0.3) is 0 Å². The Bertz CT molecular complexity index is 1150. The summed E-state index contributed by atoms with van der Waals surface area (Å²) in [6.07, 6.45) is 0.644. The molecular formula is C34H49N3O5. The van der Waals surface area contributed by atoms with E-state index in [4.69, 9.17) is 9.47 Å². The van der Waals surface area contributed by atoms with Crippen LogP contribution in [0, 0.1) is 11.8 Å². The maximum absolute atomic E-state index is 13.5. The van der Waals surface area contributed by atoms with Gasteiger partial charge in [-0.3, -0.25) is 4.79 Å². The fraction of sp³-hybridized carbons (Fsp3) is 0.559. The Balaban J connectivity index is 1.51. The van der Waals surface area contributed by atoms with Crippen molar-refractivity contribution in [2.24, 2.45) is 11.8 Å². The molecule has 0 heterocycles. The first-order valence-electron chi connectivity index (χ1n) is 15.2. The Morgan fingerprint density at radius 1 is 0.833 bits per heavy atom. The predicted molar refractivity (Wildman–Crippen MR) is 166 cm³/mol. The molecule has 230 valence electrons. The molecule has 0 unspecified atom stereocenters. The number of fused-ring (bicyclic) bond motifs is 3. The van der Waals surface area contributed by atoms with Gasteiger partial charge in [0.05, 0.1) is 0 Å². The third kappa shape index (κ3) is 9.78. The fourth-order valence-corrected chi connectivity index (χ4v) is 5.38. The van der Waals surface area contributed by atoms with E-state index in [1.54, 1.807) is 20.8 Å². The van der Waals surface area contributed by atoms with Crippen LogP contribution in [0.4, 0.5) is 9.59 Å². The molecule has 1 aliphatic rings. The summed E-state index contributed by atoms with van der Waals surface area (Å²) in [5.41, 5.74) is 4.05. The average molecular weight is 580 g/mol. The number of nitrogens with zero attached hydrogens (tertiary/aromatic N) is 1. The summed E-state index contributed by atoms with van der Waals surface area (Å²) < 4.78 is 11.1. The number of amides is 3. The van der Waals surface area contributed by atoms with Crippen LogP contribution in [0.3, 0.4) is 0 Å². The van der Waals surface area contributed by atoms with E-state index < -0.39 is 23.8 Å². The Kier molecular flexibility index (Phi) is 11.8. The number of carbonyl (C=O) groups excluding carboxylic acids is 3. The third-order valence-electron chi connectivity index (χ3n) is 7.00. The number of carbonyl (C=O) groups is 3. The smallest absolute Gasteiger partial charge is 0.408 e. The molecule has 2 N–H and O–H groups in total. The zero-order chi connectivity index (χ0) is 30.9. The second kappa shape index (κ2) is 15.1. The minimum absolute atomic E-state index is 0.00785. The van der Waals surface area contributed by atoms with E-state index >= 15 is 0 Å². The van der Waals surface area contributed by atoms with Crippen LogP contribution < -0.4 is 10.6 Å². The first-order chi connectivity index (χ1) is 19.9. The molecule has 42 heavy (non-hydrogen) atoms. The number of rotatable bonds is 13. The molecule has 8 heteroatoms. The van der Waals surface area contributed by atoms with Crippen LogP contribution in [-0.4, -0.2) is 60.9 Å². The van der Waals surface area contributed by atoms with Gasteiger partial charge in [0.15, 0.2) is 0 Å². The van der Waals surface area contributed by atoms with E-state index in [0.29, 0.717) is 50.7 Å². The van der Waals surface area contributed by atoms with Crippen molar-refractivity contribution in [2.45, 2.75) is 85.3 Å². The molecule has 0 bridgehead atoms. The van der Waals surface area contributed by atoms with Gasteiger partial charge in [0.1, 0.15) is 18.2 Å². The van der Waals surface area contributed by atoms with Gasteiger partial charge >= 0.3 is 12.2 Å². The van der Waals surface area contributed by atoms with Crippen molar-refractivity contribution in [1.29, 1.82) is 0 Å². The summed E-state index contributed by atoms with van der Waals surface area (Å²) in [7, 11) is 0. The van der Waals surface area contributed by atoms with Crippen molar-refractivity contribution in [3.05, 3.63) is 59.7 Å². The van der Waals surface area contributed by atoms with E-state index in [-0.39, 0.29) is 18.4 Å². The molecule has 8 nitrogen and oxygen atoms in total. The molecular weight excluding hydrogens is 530 g/mol. The minimum atomic E-state index is -0.702. The third-order valence-corrected chi connectivity index (χ3v) is 7.00.